The van der Waals surface area contributed by atoms with Crippen LogP contribution in [0.4, 0.5) is 0 Å². The molecule has 4 rings (SSSR count). The van der Waals surface area contributed by atoms with Gasteiger partial charge in [-0.1, -0.05) is 30.1 Å². The van der Waals surface area contributed by atoms with Gasteiger partial charge in [0.15, 0.2) is 0 Å². The van der Waals surface area contributed by atoms with Crippen molar-refractivity contribution in [3.63, 3.8) is 0 Å². The first-order valence-electron chi connectivity index (χ1n) is 8.28. The van der Waals surface area contributed by atoms with Crippen LogP contribution in [0.2, 0.25) is 10.0 Å². The Labute approximate surface area is 146 Å². The van der Waals surface area contributed by atoms with Crippen LogP contribution in [0.1, 0.15) is 51.0 Å². The number of nitrogens with one attached hydrogen (secondary N) is 1. The Hall–Kier alpha value is -1.06. The topological polar surface area (TPSA) is 41.5 Å². The molecule has 0 unspecified atom stereocenters. The highest BCUT2D eigenvalue weighted by molar-refractivity contribution is 6.47. The number of carbonyl (C=O) groups is 1. The highest BCUT2D eigenvalue weighted by Gasteiger charge is 2.50. The molecule has 1 aliphatic heterocycles. The van der Waals surface area contributed by atoms with Crippen LogP contribution >= 0.6 is 23.2 Å². The van der Waals surface area contributed by atoms with E-state index in [2.05, 4.69) is 12.2 Å². The maximum Gasteiger partial charge on any atom is 0.272 e. The van der Waals surface area contributed by atoms with Gasteiger partial charge in [-0.3, -0.25) is 9.79 Å². The van der Waals surface area contributed by atoms with Crippen LogP contribution in [-0.4, -0.2) is 17.3 Å². The van der Waals surface area contributed by atoms with Gasteiger partial charge in [0, 0.05) is 15.6 Å². The van der Waals surface area contributed by atoms with E-state index in [0.29, 0.717) is 26.7 Å². The van der Waals surface area contributed by atoms with E-state index in [-0.39, 0.29) is 5.91 Å². The van der Waals surface area contributed by atoms with E-state index in [0.717, 1.165) is 31.6 Å². The first-order chi connectivity index (χ1) is 10.9. The fourth-order valence-corrected chi connectivity index (χ4v) is 4.61. The van der Waals surface area contributed by atoms with Crippen LogP contribution < -0.4 is 5.32 Å². The zero-order valence-electron chi connectivity index (χ0n) is 13.2. The average molecular weight is 351 g/mol. The number of benzene rings is 1. The molecule has 2 saturated carbocycles. The highest BCUT2D eigenvalue weighted by atomic mass is 35.5. The van der Waals surface area contributed by atoms with Crippen molar-refractivity contribution < 1.29 is 4.79 Å². The molecule has 1 heterocycles. The fraction of sp³-hybridized carbons (Fsp3) is 0.556. The van der Waals surface area contributed by atoms with Crippen molar-refractivity contribution in [1.29, 1.82) is 0 Å². The smallest absolute Gasteiger partial charge is 0.272 e. The molecule has 3 aliphatic rings. The minimum atomic E-state index is -0.414. The molecule has 23 heavy (non-hydrogen) atoms. The molecular formula is C18H20Cl2N2O. The van der Waals surface area contributed by atoms with E-state index in [1.165, 1.54) is 12.8 Å². The number of carbonyl (C=O) groups excluding carboxylic acids is 1. The summed E-state index contributed by atoms with van der Waals surface area (Å²) in [7, 11) is 0. The SMILES string of the molecule is CC1(C2CCC3(CC2)N=C(c2cc(Cl)cc(Cl)c2)C(=O)N3)CC1. The predicted octanol–water partition coefficient (Wildman–Crippen LogP) is 4.60. The van der Waals surface area contributed by atoms with Crippen LogP contribution in [-0.2, 0) is 4.79 Å². The average Bonchev–Trinajstić information content (AvgIpc) is 3.15. The maximum atomic E-state index is 12.4. The zero-order chi connectivity index (χ0) is 16.2. The molecule has 1 aromatic rings. The number of hydrogen-bond donors (Lipinski definition) is 1. The van der Waals surface area contributed by atoms with Crippen LogP contribution in [0.3, 0.4) is 0 Å². The zero-order valence-corrected chi connectivity index (χ0v) is 14.7. The number of amides is 1. The number of rotatable bonds is 2. The summed E-state index contributed by atoms with van der Waals surface area (Å²) in [5, 5.41) is 4.17. The molecule has 1 aromatic carbocycles. The largest absolute Gasteiger partial charge is 0.326 e. The third-order valence-corrected chi connectivity index (χ3v) is 6.30. The molecule has 2 fully saturated rings. The van der Waals surface area contributed by atoms with Gasteiger partial charge in [0.2, 0.25) is 0 Å². The first kappa shape index (κ1) is 15.5. The van der Waals surface area contributed by atoms with Gasteiger partial charge < -0.3 is 5.32 Å². The maximum absolute atomic E-state index is 12.4. The van der Waals surface area contributed by atoms with Gasteiger partial charge >= 0.3 is 0 Å². The van der Waals surface area contributed by atoms with Crippen LogP contribution in [0.5, 0.6) is 0 Å². The minimum absolute atomic E-state index is 0.112. The molecule has 2 aliphatic carbocycles. The molecule has 5 heteroatoms. The van der Waals surface area contributed by atoms with Gasteiger partial charge in [0.25, 0.3) is 5.91 Å². The summed E-state index contributed by atoms with van der Waals surface area (Å²) < 4.78 is 0. The summed E-state index contributed by atoms with van der Waals surface area (Å²) in [4.78, 5) is 17.2. The third-order valence-electron chi connectivity index (χ3n) is 5.86. The van der Waals surface area contributed by atoms with Crippen molar-refractivity contribution in [2.75, 3.05) is 0 Å². The van der Waals surface area contributed by atoms with Crippen molar-refractivity contribution in [1.82, 2.24) is 5.32 Å². The number of halogens is 2. The van der Waals surface area contributed by atoms with Crippen LogP contribution in [0, 0.1) is 11.3 Å². The third kappa shape index (κ3) is 2.78. The van der Waals surface area contributed by atoms with Crippen molar-refractivity contribution in [2.24, 2.45) is 16.3 Å². The fourth-order valence-electron chi connectivity index (χ4n) is 4.08. The second-order valence-electron chi connectivity index (χ2n) is 7.53. The second kappa shape index (κ2) is 5.22. The summed E-state index contributed by atoms with van der Waals surface area (Å²) in [6.45, 7) is 2.39. The Morgan fingerprint density at radius 2 is 1.70 bits per heavy atom. The minimum Gasteiger partial charge on any atom is -0.326 e. The number of nitrogens with zero attached hydrogens (tertiary/aromatic N) is 1. The molecule has 1 amide bonds. The summed E-state index contributed by atoms with van der Waals surface area (Å²) in [5.41, 5.74) is 1.30. The van der Waals surface area contributed by atoms with Crippen LogP contribution in [0.25, 0.3) is 0 Å². The molecule has 3 nitrogen and oxygen atoms in total. The predicted molar refractivity (Wildman–Crippen MR) is 93.2 cm³/mol. The van der Waals surface area contributed by atoms with Crippen molar-refractivity contribution in [3.05, 3.63) is 33.8 Å². The van der Waals surface area contributed by atoms with E-state index in [1.54, 1.807) is 18.2 Å². The molecule has 0 atom stereocenters. The highest BCUT2D eigenvalue weighted by Crippen LogP contribution is 2.57. The van der Waals surface area contributed by atoms with Gasteiger partial charge in [-0.2, -0.15) is 0 Å². The summed E-state index contributed by atoms with van der Waals surface area (Å²) in [5.74, 6) is 0.671. The first-order valence-corrected chi connectivity index (χ1v) is 9.04. The van der Waals surface area contributed by atoms with E-state index in [1.807, 2.05) is 0 Å². The Morgan fingerprint density at radius 1 is 1.09 bits per heavy atom. The summed E-state index contributed by atoms with van der Waals surface area (Å²) in [6.07, 6.45) is 6.85. The molecule has 0 aromatic heterocycles. The van der Waals surface area contributed by atoms with Gasteiger partial charge in [0.1, 0.15) is 11.4 Å². The second-order valence-corrected chi connectivity index (χ2v) is 8.41. The Kier molecular flexibility index (Phi) is 3.51. The van der Waals surface area contributed by atoms with Crippen molar-refractivity contribution >= 4 is 34.8 Å². The van der Waals surface area contributed by atoms with Crippen molar-refractivity contribution in [3.8, 4) is 0 Å². The standard InChI is InChI=1S/C18H20Cl2N2O/c1-17(6-7-17)12-2-4-18(5-3-12)21-15(16(23)22-18)11-8-13(19)10-14(20)9-11/h8-10,12H,2-7H2,1H3,(H,22,23). The Bertz CT molecular complexity index is 681. The molecule has 122 valence electrons. The van der Waals surface area contributed by atoms with Gasteiger partial charge in [0.05, 0.1) is 0 Å². The quantitative estimate of drug-likeness (QED) is 0.831. The summed E-state index contributed by atoms with van der Waals surface area (Å²) >= 11 is 12.1. The van der Waals surface area contributed by atoms with Gasteiger partial charge in [-0.25, -0.2) is 0 Å². The molecule has 0 saturated heterocycles. The lowest BCUT2D eigenvalue weighted by Crippen LogP contribution is -2.46. The van der Waals surface area contributed by atoms with Gasteiger partial charge in [-0.05, 0) is 68.1 Å². The molecular weight excluding hydrogens is 331 g/mol. The van der Waals surface area contributed by atoms with E-state index < -0.39 is 5.66 Å². The van der Waals surface area contributed by atoms with Crippen LogP contribution in [0.15, 0.2) is 23.2 Å². The van der Waals surface area contributed by atoms with Crippen molar-refractivity contribution in [2.45, 2.75) is 51.1 Å². The lowest BCUT2D eigenvalue weighted by atomic mass is 9.75. The normalized spacial score (nSPS) is 31.9. The Balaban J connectivity index is 1.58. The number of aliphatic imine (C=N–C) groups is 1. The summed E-state index contributed by atoms with van der Waals surface area (Å²) in [6, 6.07) is 5.17. The lowest BCUT2D eigenvalue weighted by Gasteiger charge is -2.37. The van der Waals surface area contributed by atoms with E-state index in [4.69, 9.17) is 28.2 Å². The monoisotopic (exact) mass is 350 g/mol. The molecule has 1 N–H and O–H groups in total. The Morgan fingerprint density at radius 3 is 2.26 bits per heavy atom. The molecule has 0 radical (unpaired) electrons. The molecule has 1 spiro atoms. The van der Waals surface area contributed by atoms with E-state index >= 15 is 0 Å². The van der Waals surface area contributed by atoms with E-state index in [9.17, 15) is 4.79 Å². The lowest BCUT2D eigenvalue weighted by molar-refractivity contribution is -0.115. The molecule has 0 bridgehead atoms. The van der Waals surface area contributed by atoms with Gasteiger partial charge in [-0.15, -0.1) is 0 Å². The number of hydrogen-bond acceptors (Lipinski definition) is 2.